The number of carbonyl (C=O) groups is 1. The Hall–Kier alpha value is -1.07. The van der Waals surface area contributed by atoms with Gasteiger partial charge in [0.25, 0.3) is 5.91 Å². The van der Waals surface area contributed by atoms with Crippen molar-refractivity contribution in [3.8, 4) is 5.75 Å². The molecule has 1 amide bonds. The molecule has 0 aliphatic heterocycles. The molecule has 1 unspecified atom stereocenters. The summed E-state index contributed by atoms with van der Waals surface area (Å²) in [5.74, 6) is 0.371. The summed E-state index contributed by atoms with van der Waals surface area (Å²) in [5, 5.41) is 12.6. The molecule has 1 aliphatic rings. The van der Waals surface area contributed by atoms with Crippen LogP contribution in [0.3, 0.4) is 0 Å². The first-order chi connectivity index (χ1) is 9.61. The van der Waals surface area contributed by atoms with Gasteiger partial charge >= 0.3 is 0 Å². The first-order valence-corrected chi connectivity index (χ1v) is 7.90. The van der Waals surface area contributed by atoms with E-state index in [1.807, 2.05) is 0 Å². The lowest BCUT2D eigenvalue weighted by Crippen LogP contribution is -2.45. The number of rotatable bonds is 4. The number of hydrogen-bond acceptors (Lipinski definition) is 3. The van der Waals surface area contributed by atoms with E-state index in [1.165, 1.54) is 25.3 Å². The summed E-state index contributed by atoms with van der Waals surface area (Å²) in [4.78, 5) is 12.2. The number of phenolic OH excluding ortho intramolecular Hbond substituents is 1. The largest absolute Gasteiger partial charge is 0.507 e. The molecule has 1 saturated carbocycles. The smallest absolute Gasteiger partial charge is 0.251 e. The molecule has 20 heavy (non-hydrogen) atoms. The van der Waals surface area contributed by atoms with Crippen molar-refractivity contribution >= 4 is 21.8 Å². The van der Waals surface area contributed by atoms with Crippen LogP contribution in [0.15, 0.2) is 22.7 Å². The van der Waals surface area contributed by atoms with Gasteiger partial charge in [0.2, 0.25) is 0 Å². The van der Waals surface area contributed by atoms with Crippen molar-refractivity contribution < 1.29 is 9.90 Å². The minimum absolute atomic E-state index is 0.0218. The molecule has 5 heteroatoms. The second kappa shape index (κ2) is 7.09. The first-order valence-electron chi connectivity index (χ1n) is 7.11. The number of halogens is 1. The number of benzene rings is 1. The maximum Gasteiger partial charge on any atom is 0.251 e. The Morgan fingerprint density at radius 2 is 2.10 bits per heavy atom. The normalized spacial score (nSPS) is 17.7. The molecule has 2 rings (SSSR count). The van der Waals surface area contributed by atoms with Crippen molar-refractivity contribution in [3.05, 3.63) is 28.2 Å². The third-order valence-corrected chi connectivity index (χ3v) is 4.67. The summed E-state index contributed by atoms with van der Waals surface area (Å²) in [7, 11) is 0. The van der Waals surface area contributed by atoms with Crippen LogP contribution in [0, 0.1) is 5.92 Å². The molecule has 0 spiro atoms. The fourth-order valence-corrected chi connectivity index (χ4v) is 3.06. The molecule has 0 bridgehead atoms. The molecule has 4 nitrogen and oxygen atoms in total. The molecular formula is C15H21BrN2O2. The number of hydrogen-bond donors (Lipinski definition) is 3. The van der Waals surface area contributed by atoms with Gasteiger partial charge in [-0.15, -0.1) is 0 Å². The summed E-state index contributed by atoms with van der Waals surface area (Å²) < 4.78 is 0.580. The molecule has 1 aromatic rings. The standard InChI is InChI=1S/C15H21BrN2O2/c16-12-7-6-11(8-14(12)19)15(20)18-13(9-17)10-4-2-1-3-5-10/h6-8,10,13,19H,1-5,9,17H2,(H,18,20). The second-order valence-corrected chi connectivity index (χ2v) is 6.23. The molecule has 4 N–H and O–H groups in total. The van der Waals surface area contributed by atoms with Crippen LogP contribution in [-0.2, 0) is 0 Å². The highest BCUT2D eigenvalue weighted by Crippen LogP contribution is 2.27. The molecule has 1 atom stereocenters. The van der Waals surface area contributed by atoms with Crippen molar-refractivity contribution in [1.82, 2.24) is 5.32 Å². The van der Waals surface area contributed by atoms with Crippen LogP contribution < -0.4 is 11.1 Å². The van der Waals surface area contributed by atoms with E-state index in [-0.39, 0.29) is 17.7 Å². The number of phenols is 1. The van der Waals surface area contributed by atoms with E-state index < -0.39 is 0 Å². The summed E-state index contributed by atoms with van der Waals surface area (Å²) in [6.45, 7) is 0.457. The fourth-order valence-electron chi connectivity index (χ4n) is 2.81. The van der Waals surface area contributed by atoms with E-state index in [4.69, 9.17) is 5.73 Å². The van der Waals surface area contributed by atoms with E-state index in [2.05, 4.69) is 21.2 Å². The highest BCUT2D eigenvalue weighted by molar-refractivity contribution is 9.10. The Balaban J connectivity index is 2.02. The Morgan fingerprint density at radius 1 is 1.40 bits per heavy atom. The molecule has 1 fully saturated rings. The SMILES string of the molecule is NCC(NC(=O)c1ccc(Br)c(O)c1)C1CCCCC1. The zero-order valence-corrected chi connectivity index (χ0v) is 13.0. The van der Waals surface area contributed by atoms with Crippen molar-refractivity contribution in [2.75, 3.05) is 6.54 Å². The summed E-state index contributed by atoms with van der Waals surface area (Å²) in [6.07, 6.45) is 5.98. The molecule has 1 aliphatic carbocycles. The third-order valence-electron chi connectivity index (χ3n) is 4.00. The van der Waals surface area contributed by atoms with Crippen LogP contribution in [-0.4, -0.2) is 23.6 Å². The van der Waals surface area contributed by atoms with E-state index in [0.717, 1.165) is 12.8 Å². The van der Waals surface area contributed by atoms with E-state index in [1.54, 1.807) is 12.1 Å². The Kier molecular flexibility index (Phi) is 5.43. The quantitative estimate of drug-likeness (QED) is 0.788. The van der Waals surface area contributed by atoms with Gasteiger partial charge in [-0.1, -0.05) is 19.3 Å². The van der Waals surface area contributed by atoms with Crippen LogP contribution in [0.4, 0.5) is 0 Å². The highest BCUT2D eigenvalue weighted by Gasteiger charge is 2.24. The molecule has 0 aromatic heterocycles. The van der Waals surface area contributed by atoms with Gasteiger partial charge in [0.15, 0.2) is 0 Å². The monoisotopic (exact) mass is 340 g/mol. The average Bonchev–Trinajstić information content (AvgIpc) is 2.48. The van der Waals surface area contributed by atoms with Crippen LogP contribution >= 0.6 is 15.9 Å². The fraction of sp³-hybridized carbons (Fsp3) is 0.533. The highest BCUT2D eigenvalue weighted by atomic mass is 79.9. The molecule has 0 heterocycles. The maximum absolute atomic E-state index is 12.2. The second-order valence-electron chi connectivity index (χ2n) is 5.38. The molecule has 1 aromatic carbocycles. The zero-order chi connectivity index (χ0) is 14.5. The van der Waals surface area contributed by atoms with Crippen LogP contribution in [0.25, 0.3) is 0 Å². The first kappa shape index (κ1) is 15.3. The van der Waals surface area contributed by atoms with Gasteiger partial charge in [-0.05, 0) is 52.9 Å². The molecule has 110 valence electrons. The Labute approximate surface area is 127 Å². The van der Waals surface area contributed by atoms with Gasteiger partial charge in [0.1, 0.15) is 5.75 Å². The van der Waals surface area contributed by atoms with Crippen molar-refractivity contribution in [1.29, 1.82) is 0 Å². The Morgan fingerprint density at radius 3 is 2.70 bits per heavy atom. The lowest BCUT2D eigenvalue weighted by atomic mass is 9.84. The Bertz CT molecular complexity index is 473. The summed E-state index contributed by atoms with van der Waals surface area (Å²) in [5.41, 5.74) is 6.27. The lowest BCUT2D eigenvalue weighted by Gasteiger charge is -2.30. The topological polar surface area (TPSA) is 75.3 Å². The van der Waals surface area contributed by atoms with Crippen molar-refractivity contribution in [2.24, 2.45) is 11.7 Å². The van der Waals surface area contributed by atoms with E-state index in [0.29, 0.717) is 22.5 Å². The average molecular weight is 341 g/mol. The number of aromatic hydroxyl groups is 1. The van der Waals surface area contributed by atoms with Gasteiger partial charge < -0.3 is 16.2 Å². The molecule has 0 saturated heterocycles. The van der Waals surface area contributed by atoms with Gasteiger partial charge in [0.05, 0.1) is 4.47 Å². The van der Waals surface area contributed by atoms with Crippen LogP contribution in [0.2, 0.25) is 0 Å². The number of nitrogens with two attached hydrogens (primary N) is 1. The van der Waals surface area contributed by atoms with Gasteiger partial charge in [-0.2, -0.15) is 0 Å². The molecular weight excluding hydrogens is 320 g/mol. The molecule has 0 radical (unpaired) electrons. The predicted octanol–water partition coefficient (Wildman–Crippen LogP) is 2.79. The minimum atomic E-state index is -0.172. The predicted molar refractivity (Wildman–Crippen MR) is 82.7 cm³/mol. The third kappa shape index (κ3) is 3.73. The number of amides is 1. The van der Waals surface area contributed by atoms with E-state index in [9.17, 15) is 9.90 Å². The van der Waals surface area contributed by atoms with Gasteiger partial charge in [-0.25, -0.2) is 0 Å². The van der Waals surface area contributed by atoms with Crippen LogP contribution in [0.1, 0.15) is 42.5 Å². The minimum Gasteiger partial charge on any atom is -0.507 e. The van der Waals surface area contributed by atoms with Gasteiger partial charge in [0, 0.05) is 18.2 Å². The number of nitrogens with one attached hydrogen (secondary N) is 1. The summed E-state index contributed by atoms with van der Waals surface area (Å²) in [6, 6.07) is 4.85. The number of carbonyl (C=O) groups excluding carboxylic acids is 1. The van der Waals surface area contributed by atoms with Crippen molar-refractivity contribution in [3.63, 3.8) is 0 Å². The summed E-state index contributed by atoms with van der Waals surface area (Å²) >= 11 is 3.20. The van der Waals surface area contributed by atoms with Crippen LogP contribution in [0.5, 0.6) is 5.75 Å². The van der Waals surface area contributed by atoms with E-state index >= 15 is 0 Å². The zero-order valence-electron chi connectivity index (χ0n) is 11.4. The van der Waals surface area contributed by atoms with Gasteiger partial charge in [-0.3, -0.25) is 4.79 Å². The maximum atomic E-state index is 12.2. The lowest BCUT2D eigenvalue weighted by molar-refractivity contribution is 0.0915. The van der Waals surface area contributed by atoms with Crippen molar-refractivity contribution in [2.45, 2.75) is 38.1 Å².